The smallest absolute Gasteiger partial charge is 0.419 e. The van der Waals surface area contributed by atoms with Crippen molar-refractivity contribution in [2.45, 2.75) is 25.2 Å². The highest BCUT2D eigenvalue weighted by molar-refractivity contribution is 6.31. The van der Waals surface area contributed by atoms with E-state index in [-0.39, 0.29) is 17.6 Å². The number of aromatic nitrogens is 3. The third-order valence-corrected chi connectivity index (χ3v) is 5.35. The molecule has 0 bridgehead atoms. The van der Waals surface area contributed by atoms with E-state index in [9.17, 15) is 9.90 Å². The van der Waals surface area contributed by atoms with E-state index in [0.717, 1.165) is 41.4 Å². The first kappa shape index (κ1) is 17.8. The van der Waals surface area contributed by atoms with Crippen LogP contribution in [0.15, 0.2) is 51.9 Å². The lowest BCUT2D eigenvalue weighted by Crippen LogP contribution is -2.13. The summed E-state index contributed by atoms with van der Waals surface area (Å²) >= 11 is 6.05. The maximum atomic E-state index is 11.4. The zero-order valence-electron chi connectivity index (χ0n) is 15.2. The van der Waals surface area contributed by atoms with Crippen molar-refractivity contribution in [3.8, 4) is 17.4 Å². The van der Waals surface area contributed by atoms with Crippen molar-refractivity contribution < 1.29 is 14.3 Å². The average Bonchev–Trinajstić information content (AvgIpc) is 3.05. The molecule has 1 aliphatic rings. The number of nitrogens with one attached hydrogen (secondary N) is 1. The van der Waals surface area contributed by atoms with Crippen LogP contribution in [0.25, 0.3) is 10.9 Å². The second-order valence-electron chi connectivity index (χ2n) is 6.96. The SMILES string of the molecule is O=c1[nH]c(O)c([C@@H]2CCCc3cc(Oc4ccnc5cc(Cl)ccc45)cnc32)o1. The molecule has 8 heteroatoms. The number of aromatic amines is 1. The molecule has 5 rings (SSSR count). The molecule has 7 nitrogen and oxygen atoms in total. The highest BCUT2D eigenvalue weighted by Crippen LogP contribution is 2.39. The van der Waals surface area contributed by atoms with Gasteiger partial charge >= 0.3 is 5.76 Å². The van der Waals surface area contributed by atoms with Crippen molar-refractivity contribution in [2.24, 2.45) is 0 Å². The molecule has 0 aliphatic heterocycles. The van der Waals surface area contributed by atoms with Gasteiger partial charge in [0, 0.05) is 16.6 Å². The number of ether oxygens (including phenoxy) is 1. The molecule has 1 aromatic carbocycles. The van der Waals surface area contributed by atoms with Gasteiger partial charge in [-0.25, -0.2) is 4.79 Å². The third-order valence-electron chi connectivity index (χ3n) is 5.11. The van der Waals surface area contributed by atoms with Crippen LogP contribution in [0.3, 0.4) is 0 Å². The van der Waals surface area contributed by atoms with Crippen molar-refractivity contribution in [1.29, 1.82) is 0 Å². The van der Waals surface area contributed by atoms with Gasteiger partial charge in [-0.3, -0.25) is 15.0 Å². The zero-order valence-corrected chi connectivity index (χ0v) is 15.9. The number of pyridine rings is 2. The molecule has 3 aromatic heterocycles. The Morgan fingerprint density at radius 1 is 1.24 bits per heavy atom. The second-order valence-corrected chi connectivity index (χ2v) is 7.40. The number of hydrogen-bond donors (Lipinski definition) is 2. The number of oxazole rings is 1. The largest absolute Gasteiger partial charge is 0.492 e. The van der Waals surface area contributed by atoms with Crippen LogP contribution in [-0.2, 0) is 6.42 Å². The first-order valence-electron chi connectivity index (χ1n) is 9.21. The predicted molar refractivity (Wildman–Crippen MR) is 107 cm³/mol. The number of aromatic hydroxyl groups is 1. The molecule has 0 saturated heterocycles. The fourth-order valence-electron chi connectivity index (χ4n) is 3.84. The van der Waals surface area contributed by atoms with Crippen molar-refractivity contribution in [2.75, 3.05) is 0 Å². The number of benzene rings is 1. The van der Waals surface area contributed by atoms with Crippen LogP contribution in [-0.4, -0.2) is 20.1 Å². The standard InChI is InChI=1S/C21H16ClN3O4/c22-12-4-5-14-16(9-12)23-7-6-17(14)28-13-8-11-2-1-3-15(18(11)24-10-13)19-20(26)25-21(27)29-19/h4-10,15,26H,1-3H2,(H,25,27)/t15-/m1/s1. The first-order chi connectivity index (χ1) is 14.1. The molecule has 0 fully saturated rings. The minimum absolute atomic E-state index is 0.231. The summed E-state index contributed by atoms with van der Waals surface area (Å²) in [6.07, 6.45) is 5.77. The molecule has 2 N–H and O–H groups in total. The van der Waals surface area contributed by atoms with Crippen LogP contribution in [0.5, 0.6) is 17.4 Å². The summed E-state index contributed by atoms with van der Waals surface area (Å²) in [5, 5.41) is 11.4. The predicted octanol–water partition coefficient (Wildman–Crippen LogP) is 4.53. The molecule has 4 aromatic rings. The van der Waals surface area contributed by atoms with E-state index in [1.54, 1.807) is 30.6 Å². The summed E-state index contributed by atoms with van der Waals surface area (Å²) in [4.78, 5) is 22.6. The van der Waals surface area contributed by atoms with Crippen molar-refractivity contribution in [3.05, 3.63) is 75.3 Å². The summed E-state index contributed by atoms with van der Waals surface area (Å²) in [7, 11) is 0. The fourth-order valence-corrected chi connectivity index (χ4v) is 4.00. The van der Waals surface area contributed by atoms with Crippen LogP contribution < -0.4 is 10.5 Å². The van der Waals surface area contributed by atoms with Gasteiger partial charge in [-0.15, -0.1) is 0 Å². The number of aryl methyl sites for hydroxylation is 1. The lowest BCUT2D eigenvalue weighted by molar-refractivity contribution is 0.391. The van der Waals surface area contributed by atoms with Crippen LogP contribution in [0, 0.1) is 0 Å². The molecule has 3 heterocycles. The molecule has 0 amide bonds. The van der Waals surface area contributed by atoms with E-state index in [2.05, 4.69) is 15.0 Å². The molecule has 29 heavy (non-hydrogen) atoms. The van der Waals surface area contributed by atoms with Crippen molar-refractivity contribution in [1.82, 2.24) is 15.0 Å². The minimum Gasteiger partial charge on any atom is -0.492 e. The average molecular weight is 410 g/mol. The van der Waals surface area contributed by atoms with E-state index in [0.29, 0.717) is 16.5 Å². The van der Waals surface area contributed by atoms with Gasteiger partial charge in [-0.2, -0.15) is 0 Å². The summed E-state index contributed by atoms with van der Waals surface area (Å²) in [6.45, 7) is 0. The van der Waals surface area contributed by atoms with E-state index in [1.807, 2.05) is 12.1 Å². The Kier molecular flexibility index (Phi) is 4.24. The molecular formula is C21H16ClN3O4. The monoisotopic (exact) mass is 409 g/mol. The second kappa shape index (κ2) is 6.93. The number of rotatable bonds is 3. The van der Waals surface area contributed by atoms with Gasteiger partial charge < -0.3 is 14.3 Å². The number of fused-ring (bicyclic) bond motifs is 2. The third kappa shape index (κ3) is 3.23. The Bertz CT molecular complexity index is 1280. The zero-order chi connectivity index (χ0) is 20.0. The van der Waals surface area contributed by atoms with Crippen LogP contribution in [0.2, 0.25) is 5.02 Å². The normalized spacial score (nSPS) is 16.0. The summed E-state index contributed by atoms with van der Waals surface area (Å²) in [5.41, 5.74) is 2.54. The van der Waals surface area contributed by atoms with Crippen molar-refractivity contribution in [3.63, 3.8) is 0 Å². The topological polar surface area (TPSA) is 101 Å². The highest BCUT2D eigenvalue weighted by Gasteiger charge is 2.29. The Hall–Kier alpha value is -3.32. The van der Waals surface area contributed by atoms with Gasteiger partial charge in [0.25, 0.3) is 0 Å². The lowest BCUT2D eigenvalue weighted by Gasteiger charge is -2.23. The van der Waals surface area contributed by atoms with Crippen LogP contribution >= 0.6 is 11.6 Å². The van der Waals surface area contributed by atoms with Gasteiger partial charge in [0.1, 0.15) is 11.5 Å². The molecule has 0 unspecified atom stereocenters. The Labute approximate surface area is 170 Å². The van der Waals surface area contributed by atoms with E-state index in [1.165, 1.54) is 0 Å². The summed E-state index contributed by atoms with van der Waals surface area (Å²) in [5.74, 6) is 0.317. The maximum absolute atomic E-state index is 11.4. The van der Waals surface area contributed by atoms with Crippen LogP contribution in [0.4, 0.5) is 0 Å². The Balaban J connectivity index is 1.50. The van der Waals surface area contributed by atoms with Gasteiger partial charge in [-0.05, 0) is 55.2 Å². The van der Waals surface area contributed by atoms with Crippen molar-refractivity contribution >= 4 is 22.5 Å². The fraction of sp³-hybridized carbons (Fsp3) is 0.190. The maximum Gasteiger partial charge on any atom is 0.419 e. The molecule has 1 aliphatic carbocycles. The quantitative estimate of drug-likeness (QED) is 0.515. The van der Waals surface area contributed by atoms with E-state index in [4.69, 9.17) is 20.8 Å². The van der Waals surface area contributed by atoms with Gasteiger partial charge in [0.15, 0.2) is 5.76 Å². The Morgan fingerprint density at radius 2 is 2.14 bits per heavy atom. The minimum atomic E-state index is -0.672. The summed E-state index contributed by atoms with van der Waals surface area (Å²) < 4.78 is 11.2. The molecule has 146 valence electrons. The summed E-state index contributed by atoms with van der Waals surface area (Å²) in [6, 6.07) is 9.20. The molecule has 0 saturated carbocycles. The molecule has 1 atom stereocenters. The Morgan fingerprint density at radius 3 is 2.97 bits per heavy atom. The number of hydrogen-bond acceptors (Lipinski definition) is 6. The first-order valence-corrected chi connectivity index (χ1v) is 9.59. The molecule has 0 radical (unpaired) electrons. The molecular weight excluding hydrogens is 394 g/mol. The van der Waals surface area contributed by atoms with Crippen LogP contribution in [0.1, 0.15) is 35.8 Å². The van der Waals surface area contributed by atoms with E-state index >= 15 is 0 Å². The van der Waals surface area contributed by atoms with E-state index < -0.39 is 5.76 Å². The number of nitrogens with zero attached hydrogens (tertiary/aromatic N) is 2. The number of halogens is 1. The van der Waals surface area contributed by atoms with Gasteiger partial charge in [-0.1, -0.05) is 11.6 Å². The van der Waals surface area contributed by atoms with Gasteiger partial charge in [0.05, 0.1) is 23.3 Å². The molecule has 0 spiro atoms. The lowest BCUT2D eigenvalue weighted by atomic mass is 9.85. The number of H-pyrrole nitrogens is 1. The van der Waals surface area contributed by atoms with Gasteiger partial charge in [0.2, 0.25) is 5.88 Å². The highest BCUT2D eigenvalue weighted by atomic mass is 35.5.